The Morgan fingerprint density at radius 2 is 2.25 bits per heavy atom. The average molecular weight is 357 g/mol. The van der Waals surface area contributed by atoms with Gasteiger partial charge in [0.1, 0.15) is 5.82 Å². The molecule has 132 valence electrons. The lowest BCUT2D eigenvalue weighted by atomic mass is 10.3. The van der Waals surface area contributed by atoms with Crippen LogP contribution in [0.2, 0.25) is 5.02 Å². The van der Waals surface area contributed by atoms with E-state index < -0.39 is 4.92 Å². The first-order valence-corrected chi connectivity index (χ1v) is 8.04. The summed E-state index contributed by atoms with van der Waals surface area (Å²) < 4.78 is 5.30. The highest BCUT2D eigenvalue weighted by molar-refractivity contribution is 6.30. The largest absolute Gasteiger partial charge is 0.379 e. The molecule has 1 aliphatic heterocycles. The van der Waals surface area contributed by atoms with Crippen LogP contribution in [-0.4, -0.2) is 54.2 Å². The molecule has 1 aromatic rings. The summed E-state index contributed by atoms with van der Waals surface area (Å²) in [5.74, 6) is 0.766. The molecule has 9 nitrogen and oxygen atoms in total. The van der Waals surface area contributed by atoms with Gasteiger partial charge in [-0.2, -0.15) is 0 Å². The van der Waals surface area contributed by atoms with E-state index in [1.54, 1.807) is 12.1 Å². The van der Waals surface area contributed by atoms with Gasteiger partial charge in [0.05, 0.1) is 23.2 Å². The highest BCUT2D eigenvalue weighted by atomic mass is 35.5. The van der Waals surface area contributed by atoms with E-state index in [0.717, 1.165) is 45.5 Å². The van der Waals surface area contributed by atoms with Gasteiger partial charge in [-0.25, -0.2) is 4.98 Å². The molecule has 3 N–H and O–H groups in total. The highest BCUT2D eigenvalue weighted by Crippen LogP contribution is 2.08. The molecule has 1 aliphatic rings. The highest BCUT2D eigenvalue weighted by Gasteiger charge is 2.09. The van der Waals surface area contributed by atoms with Gasteiger partial charge in [-0.1, -0.05) is 11.6 Å². The minimum Gasteiger partial charge on any atom is -0.379 e. The lowest BCUT2D eigenvalue weighted by Crippen LogP contribution is -2.38. The number of rotatable bonds is 9. The molecule has 0 amide bonds. The van der Waals surface area contributed by atoms with E-state index in [4.69, 9.17) is 16.3 Å². The van der Waals surface area contributed by atoms with Crippen molar-refractivity contribution in [2.24, 2.45) is 0 Å². The van der Waals surface area contributed by atoms with Crippen molar-refractivity contribution in [1.82, 2.24) is 20.6 Å². The number of halogens is 1. The molecular weight excluding hydrogens is 336 g/mol. The number of ether oxygens (including phenoxy) is 1. The van der Waals surface area contributed by atoms with Crippen LogP contribution in [0.5, 0.6) is 0 Å². The Bertz CT molecular complexity index is 548. The third-order valence-electron chi connectivity index (χ3n) is 3.36. The van der Waals surface area contributed by atoms with Crippen LogP contribution in [-0.2, 0) is 4.74 Å². The van der Waals surface area contributed by atoms with E-state index >= 15 is 0 Å². The zero-order chi connectivity index (χ0) is 17.2. The summed E-state index contributed by atoms with van der Waals surface area (Å²) in [5.41, 5.74) is 5.53. The molecule has 0 unspecified atom stereocenters. The Labute approximate surface area is 145 Å². The molecule has 0 aliphatic carbocycles. The molecule has 0 spiro atoms. The summed E-state index contributed by atoms with van der Waals surface area (Å²) in [6, 6.07) is 3.34. The first kappa shape index (κ1) is 18.2. The summed E-state index contributed by atoms with van der Waals surface area (Å²) in [6.07, 6.45) is 3.23. The number of hydrazine groups is 1. The number of morpholine rings is 1. The van der Waals surface area contributed by atoms with Crippen LogP contribution >= 0.6 is 11.6 Å². The number of hydrogen-bond donors (Lipinski definition) is 3. The van der Waals surface area contributed by atoms with Gasteiger partial charge in [-0.05, 0) is 25.1 Å². The van der Waals surface area contributed by atoms with Crippen LogP contribution < -0.4 is 16.2 Å². The fraction of sp³-hybridized carbons (Fsp3) is 0.500. The monoisotopic (exact) mass is 356 g/mol. The fourth-order valence-corrected chi connectivity index (χ4v) is 2.27. The molecule has 0 saturated carbocycles. The number of nitrogens with zero attached hydrogens (tertiary/aromatic N) is 3. The number of nitro groups is 1. The Hall–Kier alpha value is -2.10. The van der Waals surface area contributed by atoms with Crippen LogP contribution in [0, 0.1) is 10.1 Å². The summed E-state index contributed by atoms with van der Waals surface area (Å²) in [6.45, 7) is 4.92. The first-order valence-electron chi connectivity index (χ1n) is 7.66. The van der Waals surface area contributed by atoms with Crippen molar-refractivity contribution in [3.8, 4) is 0 Å². The molecule has 0 aromatic carbocycles. The van der Waals surface area contributed by atoms with Crippen molar-refractivity contribution in [2.45, 2.75) is 6.42 Å². The van der Waals surface area contributed by atoms with Gasteiger partial charge in [0.2, 0.25) is 0 Å². The maximum absolute atomic E-state index is 10.7. The summed E-state index contributed by atoms with van der Waals surface area (Å²) >= 11 is 5.76. The molecule has 2 rings (SSSR count). The van der Waals surface area contributed by atoms with Crippen LogP contribution in [0.1, 0.15) is 6.42 Å². The number of nitrogens with one attached hydrogen (secondary N) is 3. The molecule has 1 fully saturated rings. The van der Waals surface area contributed by atoms with Crippen LogP contribution in [0.3, 0.4) is 0 Å². The van der Waals surface area contributed by atoms with Crippen LogP contribution in [0.15, 0.2) is 30.4 Å². The molecule has 2 heterocycles. The molecule has 24 heavy (non-hydrogen) atoms. The van der Waals surface area contributed by atoms with Gasteiger partial charge in [0.25, 0.3) is 6.20 Å². The second-order valence-corrected chi connectivity index (χ2v) is 5.61. The van der Waals surface area contributed by atoms with Crippen molar-refractivity contribution in [2.75, 3.05) is 44.8 Å². The first-order chi connectivity index (χ1) is 11.6. The van der Waals surface area contributed by atoms with E-state index in [0.29, 0.717) is 17.4 Å². The van der Waals surface area contributed by atoms with E-state index in [2.05, 4.69) is 26.1 Å². The number of hydrogen-bond acceptors (Lipinski definition) is 8. The molecular formula is C14H21ClN6O3. The predicted octanol–water partition coefficient (Wildman–Crippen LogP) is 1.04. The lowest BCUT2D eigenvalue weighted by Gasteiger charge is -2.26. The summed E-state index contributed by atoms with van der Waals surface area (Å²) in [4.78, 5) is 16.5. The second kappa shape index (κ2) is 9.91. The van der Waals surface area contributed by atoms with Crippen LogP contribution in [0.25, 0.3) is 0 Å². The van der Waals surface area contributed by atoms with Crippen molar-refractivity contribution >= 4 is 17.4 Å². The maximum Gasteiger partial charge on any atom is 0.275 e. The van der Waals surface area contributed by atoms with Gasteiger partial charge in [-0.15, -0.1) is 0 Å². The number of pyridine rings is 1. The summed E-state index contributed by atoms with van der Waals surface area (Å²) in [5, 5.41) is 14.2. The fourth-order valence-electron chi connectivity index (χ4n) is 2.16. The molecule has 10 heteroatoms. The molecule has 1 aromatic heterocycles. The van der Waals surface area contributed by atoms with Gasteiger partial charge in [-0.3, -0.25) is 25.9 Å². The Balaban J connectivity index is 1.73. The quantitative estimate of drug-likeness (QED) is 0.342. The molecule has 1 saturated heterocycles. The average Bonchev–Trinajstić information content (AvgIpc) is 2.58. The van der Waals surface area contributed by atoms with E-state index in [-0.39, 0.29) is 5.82 Å². The van der Waals surface area contributed by atoms with Crippen molar-refractivity contribution in [3.05, 3.63) is 45.5 Å². The third-order valence-corrected chi connectivity index (χ3v) is 3.58. The Morgan fingerprint density at radius 3 is 2.92 bits per heavy atom. The van der Waals surface area contributed by atoms with E-state index in [1.165, 1.54) is 6.20 Å². The minimum atomic E-state index is -0.520. The third kappa shape index (κ3) is 6.99. The zero-order valence-electron chi connectivity index (χ0n) is 13.2. The van der Waals surface area contributed by atoms with Gasteiger partial charge in [0.15, 0.2) is 5.82 Å². The van der Waals surface area contributed by atoms with Gasteiger partial charge < -0.3 is 10.1 Å². The Morgan fingerprint density at radius 1 is 1.46 bits per heavy atom. The van der Waals surface area contributed by atoms with E-state index in [1.807, 2.05) is 0 Å². The topological polar surface area (TPSA) is 105 Å². The standard InChI is InChI=1S/C14H21ClN6O3/c15-12-2-3-13(17-10-12)18-19-14(11-21(22)23)16-4-1-5-20-6-8-24-9-7-20/h2-3,10-11,16,19H,1,4-9H2,(H,17,18)/b14-11-. The van der Waals surface area contributed by atoms with Crippen molar-refractivity contribution < 1.29 is 9.66 Å². The lowest BCUT2D eigenvalue weighted by molar-refractivity contribution is -0.404. The predicted molar refractivity (Wildman–Crippen MR) is 91.0 cm³/mol. The van der Waals surface area contributed by atoms with Gasteiger partial charge >= 0.3 is 0 Å². The molecule has 0 atom stereocenters. The van der Waals surface area contributed by atoms with Crippen molar-refractivity contribution in [1.29, 1.82) is 0 Å². The minimum absolute atomic E-state index is 0.263. The number of aromatic nitrogens is 1. The smallest absolute Gasteiger partial charge is 0.275 e. The van der Waals surface area contributed by atoms with Gasteiger partial charge in [0, 0.05) is 25.8 Å². The van der Waals surface area contributed by atoms with Crippen molar-refractivity contribution in [3.63, 3.8) is 0 Å². The van der Waals surface area contributed by atoms with E-state index in [9.17, 15) is 10.1 Å². The molecule has 0 radical (unpaired) electrons. The number of anilines is 1. The SMILES string of the molecule is O=[N+]([O-])/C=C(/NCCCN1CCOCC1)NNc1ccc(Cl)cn1. The molecule has 0 bridgehead atoms. The zero-order valence-corrected chi connectivity index (χ0v) is 14.0. The van der Waals surface area contributed by atoms with Crippen LogP contribution in [0.4, 0.5) is 5.82 Å². The summed E-state index contributed by atoms with van der Waals surface area (Å²) in [7, 11) is 0. The second-order valence-electron chi connectivity index (χ2n) is 5.17. The Kier molecular flexibility index (Phi) is 7.53. The maximum atomic E-state index is 10.7. The normalized spacial score (nSPS) is 15.8.